The molecule has 1 fully saturated rings. The van der Waals surface area contributed by atoms with Gasteiger partial charge in [0, 0.05) is 13.0 Å². The van der Waals surface area contributed by atoms with Gasteiger partial charge in [-0.1, -0.05) is 0 Å². The maximum atomic E-state index is 11.8. The van der Waals surface area contributed by atoms with Gasteiger partial charge in [-0.05, 0) is 19.3 Å². The van der Waals surface area contributed by atoms with Crippen LogP contribution in [0.4, 0.5) is 0 Å². The van der Waals surface area contributed by atoms with Crippen molar-refractivity contribution in [2.45, 2.75) is 31.7 Å². The molecule has 1 heterocycles. The average Bonchev–Trinajstić information content (AvgIpc) is 2.34. The number of hydrogen-bond donors (Lipinski definition) is 3. The minimum Gasteiger partial charge on any atom is -0.480 e. The van der Waals surface area contributed by atoms with Crippen LogP contribution in [0.25, 0.3) is 0 Å². The van der Waals surface area contributed by atoms with Crippen LogP contribution in [0.2, 0.25) is 0 Å². The molecule has 0 radical (unpaired) electrons. The van der Waals surface area contributed by atoms with Crippen LogP contribution in [0, 0.1) is 5.92 Å². The fraction of sp³-hybridized carbons (Fsp3) is 0.727. The van der Waals surface area contributed by atoms with E-state index in [0.717, 1.165) is 6.42 Å². The van der Waals surface area contributed by atoms with Gasteiger partial charge in [-0.15, -0.1) is 0 Å². The molecule has 0 saturated carbocycles. The third kappa shape index (κ3) is 4.70. The van der Waals surface area contributed by atoms with E-state index in [9.17, 15) is 14.4 Å². The quantitative estimate of drug-likeness (QED) is 0.579. The molecule has 18 heavy (non-hydrogen) atoms. The largest absolute Gasteiger partial charge is 0.480 e. The predicted molar refractivity (Wildman–Crippen MR) is 61.5 cm³/mol. The highest BCUT2D eigenvalue weighted by atomic mass is 16.5. The SMILES string of the molecule is NC(=O)CC[C@@H](NC(=O)C1CCCOC1)C(=O)O. The van der Waals surface area contributed by atoms with Crippen molar-refractivity contribution in [2.24, 2.45) is 11.7 Å². The number of nitrogens with one attached hydrogen (secondary N) is 1. The maximum Gasteiger partial charge on any atom is 0.326 e. The van der Waals surface area contributed by atoms with Crippen LogP contribution in [0.3, 0.4) is 0 Å². The van der Waals surface area contributed by atoms with Gasteiger partial charge in [-0.25, -0.2) is 4.79 Å². The fourth-order valence-corrected chi connectivity index (χ4v) is 1.78. The van der Waals surface area contributed by atoms with Crippen LogP contribution < -0.4 is 11.1 Å². The first-order chi connectivity index (χ1) is 8.50. The Morgan fingerprint density at radius 2 is 2.17 bits per heavy atom. The third-order valence-electron chi connectivity index (χ3n) is 2.83. The number of nitrogens with two attached hydrogens (primary N) is 1. The van der Waals surface area contributed by atoms with Crippen LogP contribution in [0.5, 0.6) is 0 Å². The van der Waals surface area contributed by atoms with E-state index in [1.54, 1.807) is 0 Å². The molecular formula is C11H18N2O5. The second-order valence-corrected chi connectivity index (χ2v) is 4.32. The Balaban J connectivity index is 2.46. The number of carbonyl (C=O) groups excluding carboxylic acids is 2. The summed E-state index contributed by atoms with van der Waals surface area (Å²) >= 11 is 0. The molecule has 1 aliphatic heterocycles. The smallest absolute Gasteiger partial charge is 0.326 e. The minimum absolute atomic E-state index is 0.00395. The van der Waals surface area contributed by atoms with E-state index in [1.807, 2.05) is 0 Å². The highest BCUT2D eigenvalue weighted by Crippen LogP contribution is 2.14. The van der Waals surface area contributed by atoms with Gasteiger partial charge in [0.2, 0.25) is 11.8 Å². The summed E-state index contributed by atoms with van der Waals surface area (Å²) in [6.07, 6.45) is 1.41. The Bertz CT molecular complexity index is 325. The molecule has 1 unspecified atom stereocenters. The van der Waals surface area contributed by atoms with E-state index < -0.39 is 17.9 Å². The van der Waals surface area contributed by atoms with Gasteiger partial charge in [-0.2, -0.15) is 0 Å². The van der Waals surface area contributed by atoms with E-state index in [2.05, 4.69) is 5.32 Å². The molecular weight excluding hydrogens is 240 g/mol. The van der Waals surface area contributed by atoms with E-state index in [4.69, 9.17) is 15.6 Å². The standard InChI is InChI=1S/C11H18N2O5/c12-9(14)4-3-8(11(16)17)13-10(15)7-2-1-5-18-6-7/h7-8H,1-6H2,(H2,12,14)(H,13,15)(H,16,17)/t7?,8-/m1/s1. The Labute approximate surface area is 105 Å². The Hall–Kier alpha value is -1.63. The average molecular weight is 258 g/mol. The number of amides is 2. The predicted octanol–water partition coefficient (Wildman–Crippen LogP) is -0.752. The molecule has 0 aromatic rings. The number of carboxylic acids is 1. The zero-order valence-corrected chi connectivity index (χ0v) is 10.1. The van der Waals surface area contributed by atoms with Crippen LogP contribution >= 0.6 is 0 Å². The van der Waals surface area contributed by atoms with Crippen LogP contribution in [-0.4, -0.2) is 42.1 Å². The van der Waals surface area contributed by atoms with Gasteiger partial charge >= 0.3 is 5.97 Å². The molecule has 7 nitrogen and oxygen atoms in total. The number of carbonyl (C=O) groups is 3. The molecule has 0 spiro atoms. The second kappa shape index (κ2) is 6.95. The summed E-state index contributed by atoms with van der Waals surface area (Å²) in [6, 6.07) is -1.08. The summed E-state index contributed by atoms with van der Waals surface area (Å²) in [4.78, 5) is 33.3. The maximum absolute atomic E-state index is 11.8. The minimum atomic E-state index is -1.17. The number of aliphatic carboxylic acids is 1. The van der Waals surface area contributed by atoms with Gasteiger partial charge in [0.15, 0.2) is 0 Å². The first kappa shape index (κ1) is 14.4. The molecule has 0 bridgehead atoms. The van der Waals surface area contributed by atoms with Gasteiger partial charge < -0.3 is 20.9 Å². The molecule has 0 aromatic heterocycles. The summed E-state index contributed by atoms with van der Waals surface area (Å²) in [5.41, 5.74) is 4.95. The molecule has 1 aliphatic rings. The van der Waals surface area contributed by atoms with Gasteiger partial charge in [0.25, 0.3) is 0 Å². The van der Waals surface area contributed by atoms with E-state index in [-0.39, 0.29) is 24.7 Å². The number of carboxylic acid groups (broad SMARTS) is 1. The van der Waals surface area contributed by atoms with Crippen molar-refractivity contribution in [3.63, 3.8) is 0 Å². The van der Waals surface area contributed by atoms with Gasteiger partial charge in [-0.3, -0.25) is 9.59 Å². The van der Waals surface area contributed by atoms with Crippen molar-refractivity contribution < 1.29 is 24.2 Å². The third-order valence-corrected chi connectivity index (χ3v) is 2.83. The lowest BCUT2D eigenvalue weighted by Crippen LogP contribution is -2.45. The number of rotatable bonds is 6. The lowest BCUT2D eigenvalue weighted by Gasteiger charge is -2.23. The molecule has 0 aromatic carbocycles. The summed E-state index contributed by atoms with van der Waals surface area (Å²) < 4.78 is 5.16. The van der Waals surface area contributed by atoms with Gasteiger partial charge in [0.1, 0.15) is 6.04 Å². The van der Waals surface area contributed by atoms with E-state index >= 15 is 0 Å². The van der Waals surface area contributed by atoms with Crippen LogP contribution in [0.15, 0.2) is 0 Å². The Morgan fingerprint density at radius 1 is 1.44 bits per heavy atom. The lowest BCUT2D eigenvalue weighted by molar-refractivity contribution is -0.143. The van der Waals surface area contributed by atoms with Crippen molar-refractivity contribution in [3.8, 4) is 0 Å². The second-order valence-electron chi connectivity index (χ2n) is 4.32. The lowest BCUT2D eigenvalue weighted by atomic mass is 10.0. The van der Waals surface area contributed by atoms with Gasteiger partial charge in [0.05, 0.1) is 12.5 Å². The van der Waals surface area contributed by atoms with E-state index in [1.165, 1.54) is 0 Å². The highest BCUT2D eigenvalue weighted by molar-refractivity contribution is 5.85. The monoisotopic (exact) mass is 258 g/mol. The molecule has 1 saturated heterocycles. The van der Waals surface area contributed by atoms with Crippen molar-refractivity contribution in [3.05, 3.63) is 0 Å². The normalized spacial score (nSPS) is 21.0. The topological polar surface area (TPSA) is 119 Å². The zero-order valence-electron chi connectivity index (χ0n) is 10.1. The molecule has 7 heteroatoms. The molecule has 2 amide bonds. The Kier molecular flexibility index (Phi) is 5.57. The molecule has 102 valence electrons. The summed E-state index contributed by atoms with van der Waals surface area (Å²) in [7, 11) is 0. The fourth-order valence-electron chi connectivity index (χ4n) is 1.78. The molecule has 4 N–H and O–H groups in total. The first-order valence-corrected chi connectivity index (χ1v) is 5.90. The highest BCUT2D eigenvalue weighted by Gasteiger charge is 2.26. The summed E-state index contributed by atoms with van der Waals surface area (Å²) in [6.45, 7) is 0.946. The Morgan fingerprint density at radius 3 is 2.67 bits per heavy atom. The van der Waals surface area contributed by atoms with Crippen molar-refractivity contribution in [1.29, 1.82) is 0 Å². The van der Waals surface area contributed by atoms with Crippen molar-refractivity contribution >= 4 is 17.8 Å². The summed E-state index contributed by atoms with van der Waals surface area (Å²) in [5.74, 6) is -2.40. The number of primary amides is 1. The molecule has 1 rings (SSSR count). The number of ether oxygens (including phenoxy) is 1. The molecule has 0 aliphatic carbocycles. The molecule has 2 atom stereocenters. The summed E-state index contributed by atoms with van der Waals surface area (Å²) in [5, 5.41) is 11.4. The van der Waals surface area contributed by atoms with Crippen molar-refractivity contribution in [2.75, 3.05) is 13.2 Å². The van der Waals surface area contributed by atoms with Crippen molar-refractivity contribution in [1.82, 2.24) is 5.32 Å². The first-order valence-electron chi connectivity index (χ1n) is 5.90. The zero-order chi connectivity index (χ0) is 13.5. The van der Waals surface area contributed by atoms with E-state index in [0.29, 0.717) is 19.6 Å². The van der Waals surface area contributed by atoms with Crippen LogP contribution in [-0.2, 0) is 19.1 Å². The number of hydrogen-bond acceptors (Lipinski definition) is 4. The van der Waals surface area contributed by atoms with Crippen LogP contribution in [0.1, 0.15) is 25.7 Å².